The number of hydrogen-bond donors (Lipinski definition) is 1. The van der Waals surface area contributed by atoms with Crippen molar-refractivity contribution in [3.63, 3.8) is 0 Å². The molecule has 0 fully saturated rings. The monoisotopic (exact) mass is 199 g/mol. The molecule has 1 aromatic heterocycles. The van der Waals surface area contributed by atoms with Crippen molar-refractivity contribution >= 4 is 5.97 Å². The molecule has 78 valence electrons. The smallest absolute Gasteiger partial charge is 0.306 e. The van der Waals surface area contributed by atoms with E-state index in [2.05, 4.69) is 5.16 Å². The number of nitrogens with zero attached hydrogens (tertiary/aromatic N) is 1. The Morgan fingerprint density at radius 2 is 2.36 bits per heavy atom. The van der Waals surface area contributed by atoms with Crippen LogP contribution < -0.4 is 4.74 Å². The highest BCUT2D eigenvalue weighted by Gasteiger charge is 2.18. The van der Waals surface area contributed by atoms with Gasteiger partial charge in [0.05, 0.1) is 18.6 Å². The van der Waals surface area contributed by atoms with Crippen molar-refractivity contribution in [1.29, 1.82) is 0 Å². The Balaban J connectivity index is 2.77. The Labute approximate surface area is 81.7 Å². The Morgan fingerprint density at radius 3 is 2.79 bits per heavy atom. The van der Waals surface area contributed by atoms with Crippen LogP contribution in [0.3, 0.4) is 0 Å². The molecule has 1 unspecified atom stereocenters. The second-order valence-corrected chi connectivity index (χ2v) is 3.18. The molecule has 0 saturated carbocycles. The summed E-state index contributed by atoms with van der Waals surface area (Å²) in [5.74, 6) is -0.347. The number of hydrogen-bond acceptors (Lipinski definition) is 4. The van der Waals surface area contributed by atoms with Crippen molar-refractivity contribution in [3.8, 4) is 5.88 Å². The van der Waals surface area contributed by atoms with Crippen LogP contribution in [-0.2, 0) is 11.2 Å². The zero-order valence-corrected chi connectivity index (χ0v) is 8.40. The summed E-state index contributed by atoms with van der Waals surface area (Å²) in [6.07, 6.45) is 0.331. The fraction of sp³-hybridized carbons (Fsp3) is 0.556. The SMILES string of the molecule is COc1noc(CC(C)C(=O)O)c1C. The van der Waals surface area contributed by atoms with Crippen LogP contribution in [0.5, 0.6) is 5.88 Å². The van der Waals surface area contributed by atoms with Gasteiger partial charge in [-0.2, -0.15) is 0 Å². The maximum atomic E-state index is 10.6. The molecule has 0 aliphatic carbocycles. The number of rotatable bonds is 4. The lowest BCUT2D eigenvalue weighted by molar-refractivity contribution is -0.141. The number of aromatic nitrogens is 1. The molecule has 1 atom stereocenters. The molecule has 0 bridgehead atoms. The van der Waals surface area contributed by atoms with Gasteiger partial charge >= 0.3 is 5.97 Å². The zero-order chi connectivity index (χ0) is 10.7. The average molecular weight is 199 g/mol. The van der Waals surface area contributed by atoms with Crippen LogP contribution >= 0.6 is 0 Å². The quantitative estimate of drug-likeness (QED) is 0.790. The van der Waals surface area contributed by atoms with E-state index < -0.39 is 11.9 Å². The van der Waals surface area contributed by atoms with Crippen molar-refractivity contribution in [2.75, 3.05) is 7.11 Å². The molecule has 1 rings (SSSR count). The number of carboxylic acid groups (broad SMARTS) is 1. The summed E-state index contributed by atoms with van der Waals surface area (Å²) in [5, 5.41) is 12.4. The Morgan fingerprint density at radius 1 is 1.71 bits per heavy atom. The molecule has 5 nitrogen and oxygen atoms in total. The van der Waals surface area contributed by atoms with Gasteiger partial charge in [-0.25, -0.2) is 0 Å². The minimum Gasteiger partial charge on any atom is -0.481 e. The third-order valence-electron chi connectivity index (χ3n) is 2.08. The van der Waals surface area contributed by atoms with Crippen LogP contribution in [0.15, 0.2) is 4.52 Å². The van der Waals surface area contributed by atoms with E-state index in [1.54, 1.807) is 13.8 Å². The minimum absolute atomic E-state index is 0.331. The van der Waals surface area contributed by atoms with E-state index in [0.717, 1.165) is 5.56 Å². The molecule has 0 aliphatic rings. The second kappa shape index (κ2) is 4.13. The number of aliphatic carboxylic acids is 1. The first-order chi connectivity index (χ1) is 6.56. The lowest BCUT2D eigenvalue weighted by atomic mass is 10.0. The van der Waals surface area contributed by atoms with E-state index >= 15 is 0 Å². The highest BCUT2D eigenvalue weighted by atomic mass is 16.5. The fourth-order valence-corrected chi connectivity index (χ4v) is 1.10. The topological polar surface area (TPSA) is 72.6 Å². The van der Waals surface area contributed by atoms with Crippen molar-refractivity contribution < 1.29 is 19.2 Å². The van der Waals surface area contributed by atoms with Crippen molar-refractivity contribution in [3.05, 3.63) is 11.3 Å². The van der Waals surface area contributed by atoms with Gasteiger partial charge in [-0.3, -0.25) is 4.79 Å². The van der Waals surface area contributed by atoms with Crippen LogP contribution in [0.4, 0.5) is 0 Å². The first-order valence-electron chi connectivity index (χ1n) is 4.28. The molecular weight excluding hydrogens is 186 g/mol. The summed E-state index contributed by atoms with van der Waals surface area (Å²) in [6.45, 7) is 3.41. The van der Waals surface area contributed by atoms with Crippen LogP contribution in [0.2, 0.25) is 0 Å². The second-order valence-electron chi connectivity index (χ2n) is 3.18. The summed E-state index contributed by atoms with van der Waals surface area (Å²) in [7, 11) is 1.50. The maximum absolute atomic E-state index is 10.6. The number of carboxylic acids is 1. The molecule has 14 heavy (non-hydrogen) atoms. The molecule has 0 radical (unpaired) electrons. The summed E-state index contributed by atoms with van der Waals surface area (Å²) in [5.41, 5.74) is 0.764. The highest BCUT2D eigenvalue weighted by Crippen LogP contribution is 2.22. The molecule has 1 heterocycles. The van der Waals surface area contributed by atoms with Crippen LogP contribution in [0, 0.1) is 12.8 Å². The predicted molar refractivity (Wildman–Crippen MR) is 48.3 cm³/mol. The summed E-state index contributed by atoms with van der Waals surface area (Å²) in [4.78, 5) is 10.6. The minimum atomic E-state index is -0.847. The molecule has 0 spiro atoms. The molecule has 1 N–H and O–H groups in total. The molecule has 1 aromatic rings. The molecule has 0 saturated heterocycles. The van der Waals surface area contributed by atoms with E-state index in [4.69, 9.17) is 14.4 Å². The predicted octanol–water partition coefficient (Wildman–Crippen LogP) is 1.25. The first kappa shape index (κ1) is 10.6. The van der Waals surface area contributed by atoms with Gasteiger partial charge in [-0.1, -0.05) is 6.92 Å². The standard InChI is InChI=1S/C9H13NO4/c1-5(9(11)12)4-7-6(2)8(13-3)10-14-7/h5H,4H2,1-3H3,(H,11,12). The largest absolute Gasteiger partial charge is 0.481 e. The van der Waals surface area contributed by atoms with Crippen LogP contribution in [-0.4, -0.2) is 23.3 Å². The Kier molecular flexibility index (Phi) is 3.11. The molecule has 5 heteroatoms. The zero-order valence-electron chi connectivity index (χ0n) is 8.40. The van der Waals surface area contributed by atoms with Gasteiger partial charge in [-0.05, 0) is 12.1 Å². The Bertz CT molecular complexity index is 332. The molecule has 0 aromatic carbocycles. The molecule has 0 aliphatic heterocycles. The number of carbonyl (C=O) groups is 1. The van der Waals surface area contributed by atoms with Gasteiger partial charge < -0.3 is 14.4 Å². The normalized spacial score (nSPS) is 12.5. The third kappa shape index (κ3) is 2.04. The summed E-state index contributed by atoms with van der Waals surface area (Å²) >= 11 is 0. The first-order valence-corrected chi connectivity index (χ1v) is 4.28. The third-order valence-corrected chi connectivity index (χ3v) is 2.08. The average Bonchev–Trinajstić information content (AvgIpc) is 2.47. The van der Waals surface area contributed by atoms with Gasteiger partial charge in [0, 0.05) is 6.42 Å². The van der Waals surface area contributed by atoms with Crippen molar-refractivity contribution in [2.24, 2.45) is 5.92 Å². The number of ether oxygens (including phenoxy) is 1. The summed E-state index contributed by atoms with van der Waals surface area (Å²) < 4.78 is 9.88. The van der Waals surface area contributed by atoms with Gasteiger partial charge in [0.15, 0.2) is 0 Å². The van der Waals surface area contributed by atoms with E-state index in [0.29, 0.717) is 18.1 Å². The van der Waals surface area contributed by atoms with E-state index in [1.807, 2.05) is 0 Å². The maximum Gasteiger partial charge on any atom is 0.306 e. The van der Waals surface area contributed by atoms with Crippen LogP contribution in [0.25, 0.3) is 0 Å². The Hall–Kier alpha value is -1.52. The van der Waals surface area contributed by atoms with Gasteiger partial charge in [-0.15, -0.1) is 0 Å². The van der Waals surface area contributed by atoms with Gasteiger partial charge in [0.25, 0.3) is 5.88 Å². The van der Waals surface area contributed by atoms with Gasteiger partial charge in [0.1, 0.15) is 5.76 Å². The van der Waals surface area contributed by atoms with E-state index in [-0.39, 0.29) is 0 Å². The lowest BCUT2D eigenvalue weighted by Crippen LogP contribution is -2.12. The fourth-order valence-electron chi connectivity index (χ4n) is 1.10. The molecular formula is C9H13NO4. The van der Waals surface area contributed by atoms with Crippen molar-refractivity contribution in [2.45, 2.75) is 20.3 Å². The van der Waals surface area contributed by atoms with E-state index in [9.17, 15) is 4.79 Å². The lowest BCUT2D eigenvalue weighted by Gasteiger charge is -2.02. The molecule has 0 amide bonds. The summed E-state index contributed by atoms with van der Waals surface area (Å²) in [6, 6.07) is 0. The van der Waals surface area contributed by atoms with Crippen molar-refractivity contribution in [1.82, 2.24) is 5.16 Å². The number of methoxy groups -OCH3 is 1. The highest BCUT2D eigenvalue weighted by molar-refractivity contribution is 5.69. The van der Waals surface area contributed by atoms with Crippen LogP contribution in [0.1, 0.15) is 18.2 Å². The van der Waals surface area contributed by atoms with Gasteiger partial charge in [0.2, 0.25) is 0 Å². The van der Waals surface area contributed by atoms with E-state index in [1.165, 1.54) is 7.11 Å².